The Bertz CT molecular complexity index is 591. The standard InChI is InChI=1S/C11H8ClN5/c12-11-15-6-9(14)10(17-11)16-8-3-1-2-7(4-8)5-13/h1-4,6H,14H2,(H,15,16,17). The Kier molecular flexibility index (Phi) is 3.08. The van der Waals surface area contributed by atoms with Crippen molar-refractivity contribution in [2.24, 2.45) is 0 Å². The van der Waals surface area contributed by atoms with E-state index >= 15 is 0 Å². The molecule has 0 bridgehead atoms. The molecule has 84 valence electrons. The molecule has 3 N–H and O–H groups in total. The lowest BCUT2D eigenvalue weighted by Crippen LogP contribution is -2.00. The lowest BCUT2D eigenvalue weighted by molar-refractivity contribution is 1.17. The third-order valence-electron chi connectivity index (χ3n) is 2.04. The number of nitrogens with two attached hydrogens (primary N) is 1. The van der Waals surface area contributed by atoms with Crippen molar-refractivity contribution in [1.82, 2.24) is 9.97 Å². The maximum atomic E-state index is 8.78. The normalized spacial score (nSPS) is 9.65. The number of benzene rings is 1. The van der Waals surface area contributed by atoms with Crippen molar-refractivity contribution in [2.75, 3.05) is 11.1 Å². The van der Waals surface area contributed by atoms with Gasteiger partial charge in [0.1, 0.15) is 0 Å². The third-order valence-corrected chi connectivity index (χ3v) is 2.22. The zero-order chi connectivity index (χ0) is 12.3. The average molecular weight is 246 g/mol. The number of halogens is 1. The minimum absolute atomic E-state index is 0.109. The van der Waals surface area contributed by atoms with Crippen molar-refractivity contribution in [3.8, 4) is 6.07 Å². The highest BCUT2D eigenvalue weighted by molar-refractivity contribution is 6.28. The van der Waals surface area contributed by atoms with E-state index in [-0.39, 0.29) is 5.28 Å². The van der Waals surface area contributed by atoms with Gasteiger partial charge < -0.3 is 11.1 Å². The molecule has 0 aliphatic heterocycles. The molecule has 1 aromatic heterocycles. The number of aromatic nitrogens is 2. The maximum absolute atomic E-state index is 8.78. The number of hydrogen-bond acceptors (Lipinski definition) is 5. The number of anilines is 3. The fourth-order valence-corrected chi connectivity index (χ4v) is 1.41. The minimum Gasteiger partial charge on any atom is -0.394 e. The second-order valence-corrected chi connectivity index (χ2v) is 3.60. The molecule has 0 radical (unpaired) electrons. The molecule has 0 atom stereocenters. The monoisotopic (exact) mass is 245 g/mol. The highest BCUT2D eigenvalue weighted by Crippen LogP contribution is 2.21. The van der Waals surface area contributed by atoms with Crippen LogP contribution in [0.3, 0.4) is 0 Å². The molecule has 5 nitrogen and oxygen atoms in total. The van der Waals surface area contributed by atoms with E-state index in [4.69, 9.17) is 22.6 Å². The second-order valence-electron chi connectivity index (χ2n) is 3.26. The van der Waals surface area contributed by atoms with Gasteiger partial charge in [-0.2, -0.15) is 10.2 Å². The Balaban J connectivity index is 2.31. The van der Waals surface area contributed by atoms with Gasteiger partial charge in [-0.15, -0.1) is 0 Å². The van der Waals surface area contributed by atoms with Crippen LogP contribution in [-0.4, -0.2) is 9.97 Å². The number of hydrogen-bond donors (Lipinski definition) is 2. The number of nitrogens with one attached hydrogen (secondary N) is 1. The molecule has 17 heavy (non-hydrogen) atoms. The highest BCUT2D eigenvalue weighted by Gasteiger charge is 2.04. The van der Waals surface area contributed by atoms with E-state index in [0.29, 0.717) is 22.8 Å². The van der Waals surface area contributed by atoms with Crippen LogP contribution in [0.25, 0.3) is 0 Å². The fraction of sp³-hybridized carbons (Fsp3) is 0. The van der Waals surface area contributed by atoms with Crippen LogP contribution in [0.4, 0.5) is 17.2 Å². The van der Waals surface area contributed by atoms with Crippen molar-refractivity contribution in [1.29, 1.82) is 5.26 Å². The van der Waals surface area contributed by atoms with E-state index in [1.165, 1.54) is 6.20 Å². The van der Waals surface area contributed by atoms with E-state index in [0.717, 1.165) is 0 Å². The van der Waals surface area contributed by atoms with Crippen LogP contribution in [0.5, 0.6) is 0 Å². The zero-order valence-corrected chi connectivity index (χ0v) is 9.44. The van der Waals surface area contributed by atoms with Gasteiger partial charge in [0.25, 0.3) is 0 Å². The Labute approximate surface area is 103 Å². The lowest BCUT2D eigenvalue weighted by atomic mass is 10.2. The Morgan fingerprint density at radius 2 is 2.24 bits per heavy atom. The molecule has 0 saturated carbocycles. The third kappa shape index (κ3) is 2.62. The predicted octanol–water partition coefficient (Wildman–Crippen LogP) is 2.33. The first-order chi connectivity index (χ1) is 8.19. The molecule has 0 spiro atoms. The van der Waals surface area contributed by atoms with Crippen molar-refractivity contribution in [2.45, 2.75) is 0 Å². The zero-order valence-electron chi connectivity index (χ0n) is 8.68. The summed E-state index contributed by atoms with van der Waals surface area (Å²) in [6.07, 6.45) is 1.42. The van der Waals surface area contributed by atoms with Gasteiger partial charge >= 0.3 is 0 Å². The first kappa shape index (κ1) is 11.2. The van der Waals surface area contributed by atoms with Crippen molar-refractivity contribution in [3.63, 3.8) is 0 Å². The molecule has 2 aromatic rings. The molecule has 2 rings (SSSR count). The lowest BCUT2D eigenvalue weighted by Gasteiger charge is -2.07. The van der Waals surface area contributed by atoms with E-state index in [9.17, 15) is 0 Å². The van der Waals surface area contributed by atoms with Gasteiger partial charge in [-0.25, -0.2) is 4.98 Å². The first-order valence-corrected chi connectivity index (χ1v) is 5.12. The van der Waals surface area contributed by atoms with E-state index in [1.807, 2.05) is 6.07 Å². The first-order valence-electron chi connectivity index (χ1n) is 4.74. The fourth-order valence-electron chi connectivity index (χ4n) is 1.27. The summed E-state index contributed by atoms with van der Waals surface area (Å²) in [6, 6.07) is 9.01. The number of nitriles is 1. The number of rotatable bonds is 2. The Hall–Kier alpha value is -2.32. The van der Waals surface area contributed by atoms with Crippen LogP contribution < -0.4 is 11.1 Å². The molecule has 0 amide bonds. The van der Waals surface area contributed by atoms with Crippen molar-refractivity contribution < 1.29 is 0 Å². The highest BCUT2D eigenvalue weighted by atomic mass is 35.5. The van der Waals surface area contributed by atoms with Crippen LogP contribution >= 0.6 is 11.6 Å². The topological polar surface area (TPSA) is 87.6 Å². The van der Waals surface area contributed by atoms with Gasteiger partial charge in [0.15, 0.2) is 5.82 Å². The summed E-state index contributed by atoms with van der Waals surface area (Å²) >= 11 is 5.67. The largest absolute Gasteiger partial charge is 0.394 e. The van der Waals surface area contributed by atoms with Gasteiger partial charge in [-0.3, -0.25) is 0 Å². The summed E-state index contributed by atoms with van der Waals surface area (Å²) < 4.78 is 0. The van der Waals surface area contributed by atoms with Gasteiger partial charge in [-0.05, 0) is 29.8 Å². The molecule has 0 aliphatic carbocycles. The van der Waals surface area contributed by atoms with Crippen LogP contribution in [0.2, 0.25) is 5.28 Å². The Morgan fingerprint density at radius 1 is 1.41 bits per heavy atom. The quantitative estimate of drug-likeness (QED) is 0.793. The molecule has 0 aliphatic rings. The predicted molar refractivity (Wildman–Crippen MR) is 65.9 cm³/mol. The molecule has 1 heterocycles. The SMILES string of the molecule is N#Cc1cccc(Nc2nc(Cl)ncc2N)c1. The summed E-state index contributed by atoms with van der Waals surface area (Å²) in [5.74, 6) is 0.417. The second kappa shape index (κ2) is 4.68. The summed E-state index contributed by atoms with van der Waals surface area (Å²) in [5, 5.41) is 11.9. The van der Waals surface area contributed by atoms with Crippen molar-refractivity contribution in [3.05, 3.63) is 41.3 Å². The Morgan fingerprint density at radius 3 is 3.00 bits per heavy atom. The summed E-state index contributed by atoms with van der Waals surface area (Å²) in [6.45, 7) is 0. The molecule has 0 saturated heterocycles. The van der Waals surface area contributed by atoms with Gasteiger partial charge in [0.05, 0.1) is 23.5 Å². The maximum Gasteiger partial charge on any atom is 0.224 e. The van der Waals surface area contributed by atoms with Gasteiger partial charge in [0, 0.05) is 5.69 Å². The minimum atomic E-state index is 0.109. The summed E-state index contributed by atoms with van der Waals surface area (Å²) in [4.78, 5) is 7.71. The number of nitrogens with zero attached hydrogens (tertiary/aromatic N) is 3. The van der Waals surface area contributed by atoms with Gasteiger partial charge in [-0.1, -0.05) is 6.07 Å². The molecule has 0 unspecified atom stereocenters. The summed E-state index contributed by atoms with van der Waals surface area (Å²) in [5.41, 5.74) is 7.35. The molecule has 1 aromatic carbocycles. The average Bonchev–Trinajstić information content (AvgIpc) is 2.34. The van der Waals surface area contributed by atoms with Crippen LogP contribution in [0, 0.1) is 11.3 Å². The van der Waals surface area contributed by atoms with E-state index in [2.05, 4.69) is 15.3 Å². The molecular formula is C11H8ClN5. The smallest absolute Gasteiger partial charge is 0.224 e. The van der Waals surface area contributed by atoms with Crippen LogP contribution in [0.15, 0.2) is 30.5 Å². The molecule has 0 fully saturated rings. The molecule has 6 heteroatoms. The van der Waals surface area contributed by atoms with E-state index in [1.54, 1.807) is 24.3 Å². The summed E-state index contributed by atoms with van der Waals surface area (Å²) in [7, 11) is 0. The van der Waals surface area contributed by atoms with Crippen LogP contribution in [-0.2, 0) is 0 Å². The van der Waals surface area contributed by atoms with E-state index < -0.39 is 0 Å². The number of nitrogen functional groups attached to an aromatic ring is 1. The van der Waals surface area contributed by atoms with Crippen molar-refractivity contribution >= 4 is 28.8 Å². The van der Waals surface area contributed by atoms with Gasteiger partial charge in [0.2, 0.25) is 5.28 Å². The molecular weight excluding hydrogens is 238 g/mol. The van der Waals surface area contributed by atoms with Crippen LogP contribution in [0.1, 0.15) is 5.56 Å².